The van der Waals surface area contributed by atoms with E-state index >= 15 is 0 Å². The maximum Gasteiger partial charge on any atom is 0.256 e. The summed E-state index contributed by atoms with van der Waals surface area (Å²) in [6.07, 6.45) is 11.2. The zero-order valence-corrected chi connectivity index (χ0v) is 18.7. The lowest BCUT2D eigenvalue weighted by Gasteiger charge is -2.39. The fourth-order valence-electron chi connectivity index (χ4n) is 5.72. The molecule has 0 radical (unpaired) electrons. The van der Waals surface area contributed by atoms with Gasteiger partial charge >= 0.3 is 0 Å². The standard InChI is InChI=1S/C25H37F2N3O/c26-23-12-6-11-22(24(23)27)25(31)30(17-16-28-13-4-1-5-14-28)19-20-8-7-15-29(18-20)21-9-2-3-10-21/h6,11-12,20-21H,1-5,7-10,13-19H2/t20-/m1/s1. The Morgan fingerprint density at radius 2 is 1.74 bits per heavy atom. The molecule has 31 heavy (non-hydrogen) atoms. The number of likely N-dealkylation sites (tertiary alicyclic amines) is 2. The number of piperidine rings is 2. The van der Waals surface area contributed by atoms with E-state index < -0.39 is 11.6 Å². The molecular weight excluding hydrogens is 396 g/mol. The molecular formula is C25H37F2N3O. The third kappa shape index (κ3) is 5.83. The van der Waals surface area contributed by atoms with E-state index in [1.165, 1.54) is 57.1 Å². The van der Waals surface area contributed by atoms with Gasteiger partial charge in [0.05, 0.1) is 5.56 Å². The molecule has 4 rings (SSSR count). The van der Waals surface area contributed by atoms with Crippen molar-refractivity contribution in [1.29, 1.82) is 0 Å². The molecule has 3 fully saturated rings. The molecule has 0 aromatic heterocycles. The molecule has 1 aliphatic carbocycles. The van der Waals surface area contributed by atoms with Gasteiger partial charge < -0.3 is 14.7 Å². The molecule has 1 aromatic carbocycles. The predicted molar refractivity (Wildman–Crippen MR) is 119 cm³/mol. The van der Waals surface area contributed by atoms with Crippen molar-refractivity contribution in [1.82, 2.24) is 14.7 Å². The number of halogens is 2. The molecule has 1 saturated carbocycles. The van der Waals surface area contributed by atoms with Gasteiger partial charge in [0.2, 0.25) is 0 Å². The van der Waals surface area contributed by atoms with Crippen LogP contribution < -0.4 is 0 Å². The second-order valence-corrected chi connectivity index (χ2v) is 9.70. The SMILES string of the molecule is O=C(c1cccc(F)c1F)N(CCN1CCCCC1)C[C@@H]1CCCN(C2CCCC2)C1. The van der Waals surface area contributed by atoms with Gasteiger partial charge in [0.15, 0.2) is 11.6 Å². The van der Waals surface area contributed by atoms with Gasteiger partial charge in [0.25, 0.3) is 5.91 Å². The summed E-state index contributed by atoms with van der Waals surface area (Å²) >= 11 is 0. The molecule has 0 spiro atoms. The Balaban J connectivity index is 1.44. The van der Waals surface area contributed by atoms with Gasteiger partial charge in [0, 0.05) is 32.2 Å². The minimum absolute atomic E-state index is 0.137. The van der Waals surface area contributed by atoms with Crippen molar-refractivity contribution in [2.24, 2.45) is 5.92 Å². The summed E-state index contributed by atoms with van der Waals surface area (Å²) in [6, 6.07) is 4.61. The van der Waals surface area contributed by atoms with Crippen molar-refractivity contribution in [2.75, 3.05) is 45.8 Å². The van der Waals surface area contributed by atoms with Crippen molar-refractivity contribution in [3.63, 3.8) is 0 Å². The molecule has 1 amide bonds. The molecule has 0 N–H and O–H groups in total. The van der Waals surface area contributed by atoms with E-state index in [9.17, 15) is 13.6 Å². The molecule has 6 heteroatoms. The topological polar surface area (TPSA) is 26.8 Å². The lowest BCUT2D eigenvalue weighted by Crippen LogP contribution is -2.47. The van der Waals surface area contributed by atoms with E-state index in [0.717, 1.165) is 51.6 Å². The smallest absolute Gasteiger partial charge is 0.256 e. The molecule has 2 aliphatic heterocycles. The van der Waals surface area contributed by atoms with E-state index in [1.54, 1.807) is 4.90 Å². The van der Waals surface area contributed by atoms with Gasteiger partial charge in [-0.1, -0.05) is 25.3 Å². The largest absolute Gasteiger partial charge is 0.337 e. The van der Waals surface area contributed by atoms with Crippen molar-refractivity contribution >= 4 is 5.91 Å². The minimum atomic E-state index is -1.02. The van der Waals surface area contributed by atoms with E-state index in [1.807, 2.05) is 0 Å². The molecule has 0 bridgehead atoms. The zero-order valence-electron chi connectivity index (χ0n) is 18.7. The third-order valence-corrected chi connectivity index (χ3v) is 7.47. The number of carbonyl (C=O) groups is 1. The van der Waals surface area contributed by atoms with Crippen LogP contribution in [0, 0.1) is 17.6 Å². The molecule has 4 nitrogen and oxygen atoms in total. The highest BCUT2D eigenvalue weighted by Gasteiger charge is 2.31. The van der Waals surface area contributed by atoms with Crippen LogP contribution in [0.4, 0.5) is 8.78 Å². The Labute approximate surface area is 185 Å². The number of benzene rings is 1. The summed E-state index contributed by atoms with van der Waals surface area (Å²) in [7, 11) is 0. The summed E-state index contributed by atoms with van der Waals surface area (Å²) < 4.78 is 28.2. The molecule has 172 valence electrons. The number of carbonyl (C=O) groups excluding carboxylic acids is 1. The van der Waals surface area contributed by atoms with Crippen LogP contribution in [0.1, 0.15) is 68.1 Å². The minimum Gasteiger partial charge on any atom is -0.337 e. The highest BCUT2D eigenvalue weighted by Crippen LogP contribution is 2.28. The summed E-state index contributed by atoms with van der Waals surface area (Å²) in [5.74, 6) is -1.94. The quantitative estimate of drug-likeness (QED) is 0.631. The fourth-order valence-corrected chi connectivity index (χ4v) is 5.72. The Kier molecular flexibility index (Phi) is 7.94. The van der Waals surface area contributed by atoms with E-state index in [0.29, 0.717) is 25.0 Å². The second-order valence-electron chi connectivity index (χ2n) is 9.70. The summed E-state index contributed by atoms with van der Waals surface area (Å²) in [5.41, 5.74) is -0.137. The van der Waals surface area contributed by atoms with E-state index in [2.05, 4.69) is 9.80 Å². The van der Waals surface area contributed by atoms with Crippen molar-refractivity contribution < 1.29 is 13.6 Å². The Morgan fingerprint density at radius 3 is 2.52 bits per heavy atom. The molecule has 0 unspecified atom stereocenters. The number of hydrogen-bond acceptors (Lipinski definition) is 3. The Morgan fingerprint density at radius 1 is 0.968 bits per heavy atom. The monoisotopic (exact) mass is 433 g/mol. The Bertz CT molecular complexity index is 731. The fraction of sp³-hybridized carbons (Fsp3) is 0.720. The van der Waals surface area contributed by atoms with Crippen LogP contribution in [-0.4, -0.2) is 72.5 Å². The maximum absolute atomic E-state index is 14.4. The Hall–Kier alpha value is -1.53. The number of rotatable bonds is 7. The van der Waals surface area contributed by atoms with Crippen LogP contribution in [0.2, 0.25) is 0 Å². The number of amides is 1. The second kappa shape index (κ2) is 10.9. The predicted octanol–water partition coefficient (Wildman–Crippen LogP) is 4.55. The molecule has 3 aliphatic rings. The molecule has 1 aromatic rings. The van der Waals surface area contributed by atoms with E-state index in [-0.39, 0.29) is 11.5 Å². The lowest BCUT2D eigenvalue weighted by atomic mass is 9.95. The van der Waals surface area contributed by atoms with Crippen molar-refractivity contribution in [2.45, 2.75) is 63.8 Å². The van der Waals surface area contributed by atoms with Crippen LogP contribution in [0.5, 0.6) is 0 Å². The number of nitrogens with zero attached hydrogens (tertiary/aromatic N) is 3. The molecule has 1 atom stereocenters. The number of hydrogen-bond donors (Lipinski definition) is 0. The summed E-state index contributed by atoms with van der Waals surface area (Å²) in [4.78, 5) is 20.1. The summed E-state index contributed by atoms with van der Waals surface area (Å²) in [5, 5.41) is 0. The van der Waals surface area contributed by atoms with Gasteiger partial charge in [0.1, 0.15) is 0 Å². The van der Waals surface area contributed by atoms with Crippen LogP contribution >= 0.6 is 0 Å². The van der Waals surface area contributed by atoms with Crippen LogP contribution in [-0.2, 0) is 0 Å². The van der Waals surface area contributed by atoms with Gasteiger partial charge in [-0.05, 0) is 76.2 Å². The van der Waals surface area contributed by atoms with Crippen LogP contribution in [0.15, 0.2) is 18.2 Å². The third-order valence-electron chi connectivity index (χ3n) is 7.47. The maximum atomic E-state index is 14.4. The lowest BCUT2D eigenvalue weighted by molar-refractivity contribution is 0.0605. The van der Waals surface area contributed by atoms with Gasteiger partial charge in [-0.25, -0.2) is 8.78 Å². The zero-order chi connectivity index (χ0) is 21.6. The average Bonchev–Trinajstić information content (AvgIpc) is 3.34. The van der Waals surface area contributed by atoms with E-state index in [4.69, 9.17) is 0 Å². The summed E-state index contributed by atoms with van der Waals surface area (Å²) in [6.45, 7) is 6.32. The molecule has 2 saturated heterocycles. The van der Waals surface area contributed by atoms with Gasteiger partial charge in [-0.2, -0.15) is 0 Å². The van der Waals surface area contributed by atoms with Crippen molar-refractivity contribution in [3.05, 3.63) is 35.4 Å². The first-order valence-electron chi connectivity index (χ1n) is 12.3. The van der Waals surface area contributed by atoms with Crippen LogP contribution in [0.3, 0.4) is 0 Å². The van der Waals surface area contributed by atoms with Gasteiger partial charge in [-0.15, -0.1) is 0 Å². The molecule has 2 heterocycles. The van der Waals surface area contributed by atoms with Crippen molar-refractivity contribution in [3.8, 4) is 0 Å². The normalized spacial score (nSPS) is 23.9. The average molecular weight is 434 g/mol. The van der Waals surface area contributed by atoms with Gasteiger partial charge in [-0.3, -0.25) is 4.79 Å². The van der Waals surface area contributed by atoms with Crippen LogP contribution in [0.25, 0.3) is 0 Å². The first-order chi connectivity index (χ1) is 15.1. The first kappa shape index (κ1) is 22.7. The highest BCUT2D eigenvalue weighted by molar-refractivity contribution is 5.94. The highest BCUT2D eigenvalue weighted by atomic mass is 19.2. The first-order valence-corrected chi connectivity index (χ1v) is 12.3.